The molecule has 0 aliphatic carbocycles. The fourth-order valence-corrected chi connectivity index (χ4v) is 3.79. The SMILES string of the molecule is COC(=O)[C@H]1CCCCN1S(=O)(=O)c1cc[nH]c1. The van der Waals surface area contributed by atoms with Crippen molar-refractivity contribution < 1.29 is 17.9 Å². The number of aromatic nitrogens is 1. The zero-order chi connectivity index (χ0) is 13.2. The first-order valence-electron chi connectivity index (χ1n) is 5.80. The zero-order valence-electron chi connectivity index (χ0n) is 10.1. The summed E-state index contributed by atoms with van der Waals surface area (Å²) in [6.07, 6.45) is 5.06. The van der Waals surface area contributed by atoms with Crippen LogP contribution in [0.5, 0.6) is 0 Å². The Hall–Kier alpha value is -1.34. The van der Waals surface area contributed by atoms with Crippen molar-refractivity contribution in [1.82, 2.24) is 9.29 Å². The summed E-state index contributed by atoms with van der Waals surface area (Å²) in [4.78, 5) is 14.5. The number of rotatable bonds is 3. The minimum atomic E-state index is -3.62. The number of hydrogen-bond donors (Lipinski definition) is 1. The lowest BCUT2D eigenvalue weighted by molar-refractivity contribution is -0.146. The first-order chi connectivity index (χ1) is 8.57. The third-order valence-electron chi connectivity index (χ3n) is 3.10. The summed E-state index contributed by atoms with van der Waals surface area (Å²) in [5, 5.41) is 0. The fourth-order valence-electron chi connectivity index (χ4n) is 2.17. The van der Waals surface area contributed by atoms with Crippen LogP contribution in [0.2, 0.25) is 0 Å². The Kier molecular flexibility index (Phi) is 3.72. The van der Waals surface area contributed by atoms with E-state index in [1.165, 1.54) is 23.7 Å². The predicted molar refractivity (Wildman–Crippen MR) is 64.3 cm³/mol. The quantitative estimate of drug-likeness (QED) is 0.823. The highest BCUT2D eigenvalue weighted by molar-refractivity contribution is 7.89. The number of methoxy groups -OCH3 is 1. The largest absolute Gasteiger partial charge is 0.468 e. The maximum absolute atomic E-state index is 12.4. The van der Waals surface area contributed by atoms with Gasteiger partial charge in [-0.3, -0.25) is 4.79 Å². The Bertz CT molecular complexity index is 509. The molecule has 0 radical (unpaired) electrons. The summed E-state index contributed by atoms with van der Waals surface area (Å²) in [6, 6.07) is 0.779. The number of carbonyl (C=O) groups excluding carboxylic acids is 1. The van der Waals surface area contributed by atoms with Gasteiger partial charge >= 0.3 is 5.97 Å². The van der Waals surface area contributed by atoms with E-state index < -0.39 is 22.0 Å². The molecule has 0 saturated carbocycles. The highest BCUT2D eigenvalue weighted by atomic mass is 32.2. The van der Waals surface area contributed by atoms with E-state index in [0.717, 1.165) is 12.8 Å². The van der Waals surface area contributed by atoms with Crippen LogP contribution in [0.1, 0.15) is 19.3 Å². The molecule has 0 bridgehead atoms. The lowest BCUT2D eigenvalue weighted by atomic mass is 10.1. The molecule has 6 nitrogen and oxygen atoms in total. The molecule has 0 unspecified atom stereocenters. The number of carbonyl (C=O) groups is 1. The third kappa shape index (κ3) is 2.28. The summed E-state index contributed by atoms with van der Waals surface area (Å²) in [5.41, 5.74) is 0. The standard InChI is InChI=1S/C11H16N2O4S/c1-17-11(14)10-4-2-3-7-13(10)18(15,16)9-5-6-12-8-9/h5-6,8,10,12H,2-4,7H2,1H3/t10-/m1/s1. The van der Waals surface area contributed by atoms with Gasteiger partial charge in [-0.25, -0.2) is 8.42 Å². The number of nitrogens with zero attached hydrogens (tertiary/aromatic N) is 1. The first kappa shape index (κ1) is 13.1. The molecular formula is C11H16N2O4S. The van der Waals surface area contributed by atoms with Gasteiger partial charge < -0.3 is 9.72 Å². The van der Waals surface area contributed by atoms with Gasteiger partial charge in [-0.2, -0.15) is 4.31 Å². The zero-order valence-corrected chi connectivity index (χ0v) is 10.9. The molecule has 0 amide bonds. The third-order valence-corrected chi connectivity index (χ3v) is 5.01. The molecule has 1 saturated heterocycles. The summed E-state index contributed by atoms with van der Waals surface area (Å²) < 4.78 is 30.7. The summed E-state index contributed by atoms with van der Waals surface area (Å²) in [7, 11) is -2.35. The molecule has 1 aliphatic heterocycles. The second-order valence-corrected chi connectivity index (χ2v) is 6.09. The van der Waals surface area contributed by atoms with Crippen molar-refractivity contribution in [1.29, 1.82) is 0 Å². The van der Waals surface area contributed by atoms with Gasteiger partial charge in [0.25, 0.3) is 0 Å². The number of hydrogen-bond acceptors (Lipinski definition) is 4. The molecule has 1 N–H and O–H groups in total. The minimum absolute atomic E-state index is 0.179. The van der Waals surface area contributed by atoms with E-state index in [2.05, 4.69) is 9.72 Å². The second-order valence-electron chi connectivity index (χ2n) is 4.20. The number of sulfonamides is 1. The van der Waals surface area contributed by atoms with Gasteiger partial charge in [-0.05, 0) is 25.3 Å². The van der Waals surface area contributed by atoms with Crippen molar-refractivity contribution in [2.45, 2.75) is 30.2 Å². The number of piperidine rings is 1. The monoisotopic (exact) mass is 272 g/mol. The van der Waals surface area contributed by atoms with Crippen LogP contribution < -0.4 is 0 Å². The molecule has 2 rings (SSSR count). The van der Waals surface area contributed by atoms with Gasteiger partial charge in [-0.15, -0.1) is 0 Å². The van der Waals surface area contributed by atoms with Crippen molar-refractivity contribution in [2.24, 2.45) is 0 Å². The van der Waals surface area contributed by atoms with E-state index in [-0.39, 0.29) is 4.90 Å². The number of nitrogens with one attached hydrogen (secondary N) is 1. The normalized spacial score (nSPS) is 21.7. The maximum atomic E-state index is 12.4. The van der Waals surface area contributed by atoms with Gasteiger partial charge in [-0.1, -0.05) is 0 Å². The van der Waals surface area contributed by atoms with E-state index in [4.69, 9.17) is 0 Å². The molecule has 1 aliphatic rings. The first-order valence-corrected chi connectivity index (χ1v) is 7.24. The number of aromatic amines is 1. The summed E-state index contributed by atoms with van der Waals surface area (Å²) in [6.45, 7) is 0.354. The molecule has 2 heterocycles. The Morgan fingerprint density at radius 2 is 2.28 bits per heavy atom. The average Bonchev–Trinajstić information content (AvgIpc) is 2.92. The number of ether oxygens (including phenoxy) is 1. The topological polar surface area (TPSA) is 79.5 Å². The molecule has 0 aromatic carbocycles. The Morgan fingerprint density at radius 1 is 1.50 bits per heavy atom. The van der Waals surface area contributed by atoms with E-state index in [1.54, 1.807) is 6.20 Å². The van der Waals surface area contributed by atoms with E-state index in [1.807, 2.05) is 0 Å². The molecular weight excluding hydrogens is 256 g/mol. The van der Waals surface area contributed by atoms with Crippen molar-refractivity contribution in [2.75, 3.05) is 13.7 Å². The Balaban J connectivity index is 2.32. The molecule has 1 aromatic heterocycles. The maximum Gasteiger partial charge on any atom is 0.324 e. The van der Waals surface area contributed by atoms with Crippen molar-refractivity contribution >= 4 is 16.0 Å². The van der Waals surface area contributed by atoms with Crippen LogP contribution in [0.25, 0.3) is 0 Å². The van der Waals surface area contributed by atoms with E-state index in [0.29, 0.717) is 13.0 Å². The van der Waals surface area contributed by atoms with E-state index in [9.17, 15) is 13.2 Å². The van der Waals surface area contributed by atoms with Crippen LogP contribution in [0.4, 0.5) is 0 Å². The minimum Gasteiger partial charge on any atom is -0.468 e. The van der Waals surface area contributed by atoms with Crippen molar-refractivity contribution in [3.63, 3.8) is 0 Å². The summed E-state index contributed by atoms with van der Waals surface area (Å²) in [5.74, 6) is -0.492. The molecule has 1 atom stereocenters. The molecule has 7 heteroatoms. The molecule has 0 spiro atoms. The Morgan fingerprint density at radius 3 is 2.89 bits per heavy atom. The van der Waals surface area contributed by atoms with Crippen LogP contribution in [0.15, 0.2) is 23.4 Å². The average molecular weight is 272 g/mol. The van der Waals surface area contributed by atoms with Crippen LogP contribution in [0, 0.1) is 0 Å². The molecule has 1 aromatic rings. The smallest absolute Gasteiger partial charge is 0.324 e. The lowest BCUT2D eigenvalue weighted by Gasteiger charge is -2.32. The van der Waals surface area contributed by atoms with Gasteiger partial charge in [0, 0.05) is 18.9 Å². The van der Waals surface area contributed by atoms with Crippen LogP contribution in [-0.4, -0.2) is 43.4 Å². The fraction of sp³-hybridized carbons (Fsp3) is 0.545. The molecule has 1 fully saturated rings. The van der Waals surface area contributed by atoms with Crippen molar-refractivity contribution in [3.8, 4) is 0 Å². The lowest BCUT2D eigenvalue weighted by Crippen LogP contribution is -2.48. The molecule has 18 heavy (non-hydrogen) atoms. The van der Waals surface area contributed by atoms with Crippen molar-refractivity contribution in [3.05, 3.63) is 18.5 Å². The number of esters is 1. The Labute approximate surface area is 106 Å². The van der Waals surface area contributed by atoms with Gasteiger partial charge in [0.05, 0.1) is 12.0 Å². The highest BCUT2D eigenvalue weighted by Gasteiger charge is 2.38. The molecule has 100 valence electrons. The van der Waals surface area contributed by atoms with Gasteiger partial charge in [0.2, 0.25) is 10.0 Å². The number of H-pyrrole nitrogens is 1. The predicted octanol–water partition coefficient (Wildman–Crippen LogP) is 0.731. The second kappa shape index (κ2) is 5.11. The van der Waals surface area contributed by atoms with Gasteiger partial charge in [0.15, 0.2) is 0 Å². The van der Waals surface area contributed by atoms with E-state index >= 15 is 0 Å². The summed E-state index contributed by atoms with van der Waals surface area (Å²) >= 11 is 0. The highest BCUT2D eigenvalue weighted by Crippen LogP contribution is 2.25. The van der Waals surface area contributed by atoms with Crippen LogP contribution in [-0.2, 0) is 19.6 Å². The van der Waals surface area contributed by atoms with Gasteiger partial charge in [0.1, 0.15) is 6.04 Å². The van der Waals surface area contributed by atoms with Crippen LogP contribution in [0.3, 0.4) is 0 Å². The van der Waals surface area contributed by atoms with Crippen LogP contribution >= 0.6 is 0 Å².